The van der Waals surface area contributed by atoms with Crippen molar-refractivity contribution in [1.29, 1.82) is 0 Å². The molecule has 0 saturated carbocycles. The molecule has 12 heavy (non-hydrogen) atoms. The van der Waals surface area contributed by atoms with E-state index in [9.17, 15) is 0 Å². The smallest absolute Gasteiger partial charge is 0.0445 e. The molecule has 1 unspecified atom stereocenters. The van der Waals surface area contributed by atoms with Crippen LogP contribution in [0.15, 0.2) is 12.7 Å². The van der Waals surface area contributed by atoms with Crippen LogP contribution in [-0.4, -0.2) is 24.3 Å². The van der Waals surface area contributed by atoms with Crippen LogP contribution in [0, 0.1) is 5.92 Å². The molecule has 72 valence electrons. The Morgan fingerprint density at radius 2 is 2.17 bits per heavy atom. The number of hydrogen-bond donors (Lipinski definition) is 2. The molecule has 0 radical (unpaired) electrons. The summed E-state index contributed by atoms with van der Waals surface area (Å²) in [5.41, 5.74) is 0. The molecule has 0 aromatic rings. The lowest BCUT2D eigenvalue weighted by Crippen LogP contribution is -2.35. The van der Waals surface area contributed by atoms with E-state index in [1.54, 1.807) is 0 Å². The molecule has 0 rings (SSSR count). The molecule has 2 nitrogen and oxygen atoms in total. The van der Waals surface area contributed by atoms with Gasteiger partial charge in [0.1, 0.15) is 0 Å². The van der Waals surface area contributed by atoms with Gasteiger partial charge in [0.25, 0.3) is 0 Å². The van der Waals surface area contributed by atoms with Crippen molar-refractivity contribution in [2.75, 3.05) is 13.2 Å². The molecule has 0 aromatic heterocycles. The summed E-state index contributed by atoms with van der Waals surface area (Å²) in [6.07, 6.45) is 3.74. The molecule has 0 bridgehead atoms. The van der Waals surface area contributed by atoms with Crippen molar-refractivity contribution in [3.8, 4) is 0 Å². The molecule has 0 aliphatic heterocycles. The molecule has 2 heteroatoms. The SMILES string of the molecule is C=CCCNC(CCO)C(C)C. The fourth-order valence-electron chi connectivity index (χ4n) is 1.18. The van der Waals surface area contributed by atoms with Gasteiger partial charge in [-0.25, -0.2) is 0 Å². The molecule has 1 atom stereocenters. The Kier molecular flexibility index (Phi) is 7.11. The Hall–Kier alpha value is -0.340. The fraction of sp³-hybridized carbons (Fsp3) is 0.800. The van der Waals surface area contributed by atoms with Gasteiger partial charge in [-0.1, -0.05) is 19.9 Å². The van der Waals surface area contributed by atoms with Crippen LogP contribution < -0.4 is 5.32 Å². The second-order valence-electron chi connectivity index (χ2n) is 3.39. The third-order valence-corrected chi connectivity index (χ3v) is 2.00. The van der Waals surface area contributed by atoms with Crippen molar-refractivity contribution >= 4 is 0 Å². The Balaban J connectivity index is 3.55. The van der Waals surface area contributed by atoms with E-state index in [-0.39, 0.29) is 6.61 Å². The van der Waals surface area contributed by atoms with Gasteiger partial charge in [0.15, 0.2) is 0 Å². The van der Waals surface area contributed by atoms with Gasteiger partial charge in [0, 0.05) is 12.6 Å². The van der Waals surface area contributed by atoms with Crippen LogP contribution in [0.5, 0.6) is 0 Å². The zero-order valence-electron chi connectivity index (χ0n) is 8.21. The van der Waals surface area contributed by atoms with Crippen molar-refractivity contribution in [3.05, 3.63) is 12.7 Å². The van der Waals surface area contributed by atoms with Gasteiger partial charge in [0.05, 0.1) is 0 Å². The minimum absolute atomic E-state index is 0.268. The average molecular weight is 171 g/mol. The molecular weight excluding hydrogens is 150 g/mol. The van der Waals surface area contributed by atoms with Crippen LogP contribution >= 0.6 is 0 Å². The highest BCUT2D eigenvalue weighted by Crippen LogP contribution is 2.04. The highest BCUT2D eigenvalue weighted by Gasteiger charge is 2.10. The third-order valence-electron chi connectivity index (χ3n) is 2.00. The quantitative estimate of drug-likeness (QED) is 0.450. The summed E-state index contributed by atoms with van der Waals surface area (Å²) < 4.78 is 0. The van der Waals surface area contributed by atoms with Crippen molar-refractivity contribution < 1.29 is 5.11 Å². The van der Waals surface area contributed by atoms with Gasteiger partial charge < -0.3 is 10.4 Å². The zero-order valence-corrected chi connectivity index (χ0v) is 8.21. The summed E-state index contributed by atoms with van der Waals surface area (Å²) in [4.78, 5) is 0. The predicted molar refractivity (Wildman–Crippen MR) is 53.1 cm³/mol. The Bertz CT molecular complexity index is 112. The van der Waals surface area contributed by atoms with E-state index in [2.05, 4.69) is 25.7 Å². The summed E-state index contributed by atoms with van der Waals surface area (Å²) in [7, 11) is 0. The van der Waals surface area contributed by atoms with E-state index in [0.29, 0.717) is 12.0 Å². The van der Waals surface area contributed by atoms with E-state index in [0.717, 1.165) is 19.4 Å². The van der Waals surface area contributed by atoms with Crippen LogP contribution in [0.25, 0.3) is 0 Å². The van der Waals surface area contributed by atoms with E-state index >= 15 is 0 Å². The zero-order chi connectivity index (χ0) is 9.40. The maximum absolute atomic E-state index is 8.78. The molecular formula is C10H21NO. The van der Waals surface area contributed by atoms with Crippen molar-refractivity contribution in [2.45, 2.75) is 32.7 Å². The van der Waals surface area contributed by atoms with Gasteiger partial charge in [-0.2, -0.15) is 0 Å². The summed E-state index contributed by atoms with van der Waals surface area (Å²) >= 11 is 0. The second-order valence-corrected chi connectivity index (χ2v) is 3.39. The van der Waals surface area contributed by atoms with E-state index in [4.69, 9.17) is 5.11 Å². The maximum atomic E-state index is 8.78. The maximum Gasteiger partial charge on any atom is 0.0445 e. The minimum atomic E-state index is 0.268. The molecule has 2 N–H and O–H groups in total. The van der Waals surface area contributed by atoms with E-state index in [1.807, 2.05) is 6.08 Å². The monoisotopic (exact) mass is 171 g/mol. The van der Waals surface area contributed by atoms with Crippen molar-refractivity contribution in [1.82, 2.24) is 5.32 Å². The van der Waals surface area contributed by atoms with Crippen molar-refractivity contribution in [3.63, 3.8) is 0 Å². The van der Waals surface area contributed by atoms with Crippen LogP contribution in [0.2, 0.25) is 0 Å². The molecule has 0 saturated heterocycles. The predicted octanol–water partition coefficient (Wildman–Crippen LogP) is 1.56. The van der Waals surface area contributed by atoms with Crippen LogP contribution in [0.3, 0.4) is 0 Å². The summed E-state index contributed by atoms with van der Waals surface area (Å²) in [5, 5.41) is 12.2. The third kappa shape index (κ3) is 5.33. The molecule has 0 spiro atoms. The largest absolute Gasteiger partial charge is 0.396 e. The summed E-state index contributed by atoms with van der Waals surface area (Å²) in [5.74, 6) is 0.585. The van der Waals surface area contributed by atoms with Gasteiger partial charge >= 0.3 is 0 Å². The molecule has 0 aliphatic rings. The summed E-state index contributed by atoms with van der Waals surface area (Å²) in [6, 6.07) is 0.440. The van der Waals surface area contributed by atoms with Gasteiger partial charge in [-0.15, -0.1) is 6.58 Å². The molecule has 0 aromatic carbocycles. The van der Waals surface area contributed by atoms with Gasteiger partial charge in [0.2, 0.25) is 0 Å². The number of hydrogen-bond acceptors (Lipinski definition) is 2. The first kappa shape index (κ1) is 11.7. The molecule has 0 heterocycles. The topological polar surface area (TPSA) is 32.3 Å². The lowest BCUT2D eigenvalue weighted by atomic mass is 10.0. The highest BCUT2D eigenvalue weighted by molar-refractivity contribution is 4.73. The lowest BCUT2D eigenvalue weighted by molar-refractivity contribution is 0.245. The Morgan fingerprint density at radius 3 is 2.58 bits per heavy atom. The first-order chi connectivity index (χ1) is 5.72. The van der Waals surface area contributed by atoms with Crippen LogP contribution in [0.1, 0.15) is 26.7 Å². The molecule has 0 amide bonds. The lowest BCUT2D eigenvalue weighted by Gasteiger charge is -2.21. The number of rotatable bonds is 7. The normalized spacial score (nSPS) is 13.3. The van der Waals surface area contributed by atoms with E-state index in [1.165, 1.54) is 0 Å². The molecule has 0 fully saturated rings. The summed E-state index contributed by atoms with van der Waals surface area (Å²) in [6.45, 7) is 9.23. The van der Waals surface area contributed by atoms with Crippen LogP contribution in [-0.2, 0) is 0 Å². The van der Waals surface area contributed by atoms with Gasteiger partial charge in [-0.3, -0.25) is 0 Å². The second kappa shape index (κ2) is 7.32. The fourth-order valence-corrected chi connectivity index (χ4v) is 1.18. The number of aliphatic hydroxyl groups excluding tert-OH is 1. The van der Waals surface area contributed by atoms with Gasteiger partial charge in [-0.05, 0) is 25.3 Å². The number of nitrogens with one attached hydrogen (secondary N) is 1. The standard InChI is InChI=1S/C10H21NO/c1-4-5-7-11-10(6-8-12)9(2)3/h4,9-12H,1,5-8H2,2-3H3. The van der Waals surface area contributed by atoms with Crippen LogP contribution in [0.4, 0.5) is 0 Å². The average Bonchev–Trinajstić information content (AvgIpc) is 2.03. The Labute approximate surface area is 75.7 Å². The Morgan fingerprint density at radius 1 is 1.50 bits per heavy atom. The highest BCUT2D eigenvalue weighted by atomic mass is 16.3. The molecule has 0 aliphatic carbocycles. The first-order valence-corrected chi connectivity index (χ1v) is 4.67. The first-order valence-electron chi connectivity index (χ1n) is 4.67. The van der Waals surface area contributed by atoms with Crippen molar-refractivity contribution in [2.24, 2.45) is 5.92 Å². The minimum Gasteiger partial charge on any atom is -0.396 e. The van der Waals surface area contributed by atoms with E-state index < -0.39 is 0 Å². The number of aliphatic hydroxyl groups is 1.